The Kier molecular flexibility index (Phi) is 4.17. The smallest absolute Gasteiger partial charge is 0.240 e. The van der Waals surface area contributed by atoms with E-state index in [4.69, 9.17) is 17.3 Å². The Balaban J connectivity index is 1.82. The number of fused-ring (bicyclic) bond motifs is 1. The molecule has 0 aliphatic heterocycles. The number of aromatic nitrogens is 1. The average molecular weight is 306 g/mol. The number of benzene rings is 1. The van der Waals surface area contributed by atoms with Gasteiger partial charge >= 0.3 is 0 Å². The van der Waals surface area contributed by atoms with E-state index >= 15 is 0 Å². The molecule has 0 unspecified atom stereocenters. The van der Waals surface area contributed by atoms with Gasteiger partial charge in [-0.05, 0) is 30.5 Å². The summed E-state index contributed by atoms with van der Waals surface area (Å²) in [5, 5.41) is 4.84. The molecule has 1 aliphatic carbocycles. The van der Waals surface area contributed by atoms with Crippen molar-refractivity contribution in [2.75, 3.05) is 0 Å². The molecule has 2 aromatic rings. The van der Waals surface area contributed by atoms with Crippen molar-refractivity contribution in [3.63, 3.8) is 0 Å². The van der Waals surface area contributed by atoms with Gasteiger partial charge in [-0.1, -0.05) is 30.5 Å². The Morgan fingerprint density at radius 2 is 2.14 bits per heavy atom. The zero-order valence-corrected chi connectivity index (χ0v) is 12.7. The fourth-order valence-electron chi connectivity index (χ4n) is 3.13. The summed E-state index contributed by atoms with van der Waals surface area (Å²) in [4.78, 5) is 12.2. The maximum Gasteiger partial charge on any atom is 0.240 e. The van der Waals surface area contributed by atoms with E-state index in [1.54, 1.807) is 0 Å². The van der Waals surface area contributed by atoms with E-state index in [2.05, 4.69) is 5.32 Å². The highest BCUT2D eigenvalue weighted by Crippen LogP contribution is 2.25. The van der Waals surface area contributed by atoms with Gasteiger partial charge in [0.1, 0.15) is 6.54 Å². The van der Waals surface area contributed by atoms with Gasteiger partial charge in [0.05, 0.1) is 5.52 Å². The molecule has 1 fully saturated rings. The lowest BCUT2D eigenvalue weighted by molar-refractivity contribution is -0.122. The second-order valence-electron chi connectivity index (χ2n) is 5.70. The minimum Gasteiger partial charge on any atom is -0.352 e. The van der Waals surface area contributed by atoms with Crippen molar-refractivity contribution in [1.29, 1.82) is 0 Å². The molecule has 1 aromatic carbocycles. The number of carbonyl (C=O) groups excluding carboxylic acids is 1. The van der Waals surface area contributed by atoms with E-state index in [1.165, 1.54) is 12.8 Å². The molecule has 4 nitrogen and oxygen atoms in total. The number of nitrogens with one attached hydrogen (secondary N) is 1. The Hall–Kier alpha value is -1.52. The largest absolute Gasteiger partial charge is 0.352 e. The van der Waals surface area contributed by atoms with E-state index in [9.17, 15) is 4.79 Å². The third-order valence-electron chi connectivity index (χ3n) is 4.18. The first-order chi connectivity index (χ1) is 10.2. The normalized spacial score (nSPS) is 15.7. The van der Waals surface area contributed by atoms with Crippen LogP contribution in [-0.4, -0.2) is 16.5 Å². The van der Waals surface area contributed by atoms with E-state index in [0.717, 1.165) is 29.3 Å². The van der Waals surface area contributed by atoms with Gasteiger partial charge in [0.15, 0.2) is 0 Å². The monoisotopic (exact) mass is 305 g/mol. The Bertz CT molecular complexity index is 659. The number of nitrogens with two attached hydrogens (primary N) is 1. The van der Waals surface area contributed by atoms with Gasteiger partial charge in [-0.3, -0.25) is 4.79 Å². The van der Waals surface area contributed by atoms with Crippen LogP contribution in [0.3, 0.4) is 0 Å². The predicted octanol–water partition coefficient (Wildman–Crippen LogP) is 2.81. The van der Waals surface area contributed by atoms with Crippen molar-refractivity contribution in [1.82, 2.24) is 9.88 Å². The zero-order chi connectivity index (χ0) is 14.8. The SMILES string of the molecule is NCc1cn(CC(=O)NC2CCCC2)c2cc(Cl)ccc12. The average Bonchev–Trinajstić information content (AvgIpc) is 3.07. The molecule has 3 rings (SSSR count). The molecule has 1 aliphatic rings. The zero-order valence-electron chi connectivity index (χ0n) is 11.9. The maximum absolute atomic E-state index is 12.2. The number of halogens is 1. The Labute approximate surface area is 129 Å². The van der Waals surface area contributed by atoms with Gasteiger partial charge in [0.2, 0.25) is 5.91 Å². The summed E-state index contributed by atoms with van der Waals surface area (Å²) in [5.74, 6) is 0.0577. The minimum absolute atomic E-state index is 0.0577. The molecule has 5 heteroatoms. The molecule has 0 spiro atoms. The fourth-order valence-corrected chi connectivity index (χ4v) is 3.30. The lowest BCUT2D eigenvalue weighted by Crippen LogP contribution is -2.35. The molecule has 1 amide bonds. The van der Waals surface area contributed by atoms with Crippen molar-refractivity contribution in [3.8, 4) is 0 Å². The van der Waals surface area contributed by atoms with Gasteiger partial charge in [0, 0.05) is 29.2 Å². The molecule has 1 saturated carbocycles. The van der Waals surface area contributed by atoms with Crippen LogP contribution >= 0.6 is 11.6 Å². The number of nitrogens with zero attached hydrogens (tertiary/aromatic N) is 1. The topological polar surface area (TPSA) is 60.0 Å². The fraction of sp³-hybridized carbons (Fsp3) is 0.438. The molecule has 0 atom stereocenters. The summed E-state index contributed by atoms with van der Waals surface area (Å²) in [5.41, 5.74) is 7.78. The molecule has 112 valence electrons. The summed E-state index contributed by atoms with van der Waals surface area (Å²) < 4.78 is 1.94. The standard InChI is InChI=1S/C16H20ClN3O/c17-12-5-6-14-11(8-18)9-20(15(14)7-12)10-16(21)19-13-3-1-2-4-13/h5-7,9,13H,1-4,8,10,18H2,(H,19,21). The van der Waals surface area contributed by atoms with E-state index in [-0.39, 0.29) is 5.91 Å². The first kappa shape index (κ1) is 14.4. The van der Waals surface area contributed by atoms with E-state index < -0.39 is 0 Å². The lowest BCUT2D eigenvalue weighted by Gasteiger charge is -2.12. The third kappa shape index (κ3) is 3.06. The van der Waals surface area contributed by atoms with Gasteiger partial charge in [0.25, 0.3) is 0 Å². The summed E-state index contributed by atoms with van der Waals surface area (Å²) in [6, 6.07) is 6.05. The molecule has 0 saturated heterocycles. The van der Waals surface area contributed by atoms with Crippen LogP contribution in [0.25, 0.3) is 10.9 Å². The molecule has 0 radical (unpaired) electrons. The molecular formula is C16H20ClN3O. The highest BCUT2D eigenvalue weighted by atomic mass is 35.5. The molecule has 3 N–H and O–H groups in total. The van der Waals surface area contributed by atoms with E-state index in [1.807, 2.05) is 29.0 Å². The van der Waals surface area contributed by atoms with Crippen molar-refractivity contribution >= 4 is 28.4 Å². The van der Waals surface area contributed by atoms with Crippen LogP contribution in [0, 0.1) is 0 Å². The highest BCUT2D eigenvalue weighted by Gasteiger charge is 2.18. The summed E-state index contributed by atoms with van der Waals surface area (Å²) in [6.07, 6.45) is 6.57. The number of amides is 1. The molecule has 0 bridgehead atoms. The summed E-state index contributed by atoms with van der Waals surface area (Å²) in [6.45, 7) is 0.767. The van der Waals surface area contributed by atoms with Gasteiger partial charge in [-0.15, -0.1) is 0 Å². The number of hydrogen-bond acceptors (Lipinski definition) is 2. The molecule has 1 aromatic heterocycles. The minimum atomic E-state index is 0.0577. The van der Waals surface area contributed by atoms with Crippen LogP contribution in [-0.2, 0) is 17.9 Å². The quantitative estimate of drug-likeness (QED) is 0.912. The second kappa shape index (κ2) is 6.08. The van der Waals surface area contributed by atoms with E-state index in [0.29, 0.717) is 24.2 Å². The Morgan fingerprint density at radius 1 is 1.38 bits per heavy atom. The molecule has 21 heavy (non-hydrogen) atoms. The first-order valence-corrected chi connectivity index (χ1v) is 7.82. The lowest BCUT2D eigenvalue weighted by atomic mass is 10.2. The highest BCUT2D eigenvalue weighted by molar-refractivity contribution is 6.31. The van der Waals surface area contributed by atoms with Crippen molar-refractivity contribution in [2.45, 2.75) is 44.8 Å². The van der Waals surface area contributed by atoms with Gasteiger partial charge in [-0.25, -0.2) is 0 Å². The van der Waals surface area contributed by atoms with Gasteiger partial charge < -0.3 is 15.6 Å². The second-order valence-corrected chi connectivity index (χ2v) is 6.13. The van der Waals surface area contributed by atoms with Crippen LogP contribution in [0.15, 0.2) is 24.4 Å². The van der Waals surface area contributed by atoms with Crippen molar-refractivity contribution < 1.29 is 4.79 Å². The van der Waals surface area contributed by atoms with Crippen LogP contribution in [0.5, 0.6) is 0 Å². The van der Waals surface area contributed by atoms with Crippen molar-refractivity contribution in [3.05, 3.63) is 35.0 Å². The van der Waals surface area contributed by atoms with Crippen molar-refractivity contribution in [2.24, 2.45) is 5.73 Å². The summed E-state index contributed by atoms with van der Waals surface area (Å²) in [7, 11) is 0. The predicted molar refractivity (Wildman–Crippen MR) is 85.2 cm³/mol. The first-order valence-electron chi connectivity index (χ1n) is 7.44. The molecule has 1 heterocycles. The number of hydrogen-bond donors (Lipinski definition) is 2. The Morgan fingerprint density at radius 3 is 2.86 bits per heavy atom. The van der Waals surface area contributed by atoms with Crippen LogP contribution in [0.1, 0.15) is 31.2 Å². The third-order valence-corrected chi connectivity index (χ3v) is 4.42. The van der Waals surface area contributed by atoms with Crippen LogP contribution < -0.4 is 11.1 Å². The maximum atomic E-state index is 12.2. The number of carbonyl (C=O) groups is 1. The molecular weight excluding hydrogens is 286 g/mol. The summed E-state index contributed by atoms with van der Waals surface area (Å²) >= 11 is 6.07. The van der Waals surface area contributed by atoms with Crippen LogP contribution in [0.2, 0.25) is 5.02 Å². The van der Waals surface area contributed by atoms with Gasteiger partial charge in [-0.2, -0.15) is 0 Å². The number of rotatable bonds is 4. The van der Waals surface area contributed by atoms with Crippen LogP contribution in [0.4, 0.5) is 0 Å².